The van der Waals surface area contributed by atoms with Gasteiger partial charge in [-0.1, -0.05) is 6.92 Å². The molecule has 1 aromatic heterocycles. The largest absolute Gasteiger partial charge is 0.468 e. The Bertz CT molecular complexity index is 511. The molecule has 118 valence electrons. The fourth-order valence-corrected chi connectivity index (χ4v) is 2.11. The van der Waals surface area contributed by atoms with E-state index in [4.69, 9.17) is 0 Å². The lowest BCUT2D eigenvalue weighted by molar-refractivity contribution is -0.142. The minimum absolute atomic E-state index is 0.114. The van der Waals surface area contributed by atoms with Crippen molar-refractivity contribution in [3.8, 4) is 0 Å². The van der Waals surface area contributed by atoms with Crippen LogP contribution in [-0.2, 0) is 21.4 Å². The number of rotatable bonds is 7. The first-order chi connectivity index (χ1) is 9.88. The number of anilines is 1. The van der Waals surface area contributed by atoms with Gasteiger partial charge in [0.05, 0.1) is 37.3 Å². The van der Waals surface area contributed by atoms with Crippen LogP contribution in [0.2, 0.25) is 0 Å². The summed E-state index contributed by atoms with van der Waals surface area (Å²) in [6, 6.07) is 0. The second kappa shape index (κ2) is 7.78. The zero-order valence-corrected chi connectivity index (χ0v) is 13.4. The van der Waals surface area contributed by atoms with Crippen molar-refractivity contribution in [2.75, 3.05) is 32.1 Å². The van der Waals surface area contributed by atoms with Gasteiger partial charge in [0.2, 0.25) is 5.91 Å². The van der Waals surface area contributed by atoms with Gasteiger partial charge in [-0.2, -0.15) is 5.10 Å². The lowest BCUT2D eigenvalue weighted by Crippen LogP contribution is -2.38. The third kappa shape index (κ3) is 4.86. The van der Waals surface area contributed by atoms with Crippen molar-refractivity contribution in [3.63, 3.8) is 0 Å². The van der Waals surface area contributed by atoms with Crippen LogP contribution in [0.1, 0.15) is 24.7 Å². The first-order valence-corrected chi connectivity index (χ1v) is 6.98. The summed E-state index contributed by atoms with van der Waals surface area (Å²) in [5, 5.41) is 7.12. The number of methoxy groups -OCH3 is 1. The molecule has 0 saturated heterocycles. The van der Waals surface area contributed by atoms with Gasteiger partial charge in [0.15, 0.2) is 0 Å². The second-order valence-electron chi connectivity index (χ2n) is 5.00. The molecule has 0 aliphatic carbocycles. The topological polar surface area (TPSA) is 76.5 Å². The third-order valence-corrected chi connectivity index (χ3v) is 3.26. The molecule has 1 rings (SSSR count). The molecule has 0 unspecified atom stereocenters. The molecule has 1 N–H and O–H groups in total. The maximum atomic E-state index is 12.1. The van der Waals surface area contributed by atoms with E-state index < -0.39 is 0 Å². The second-order valence-corrected chi connectivity index (χ2v) is 5.00. The predicted octanol–water partition coefficient (Wildman–Crippen LogP) is 0.860. The minimum Gasteiger partial charge on any atom is -0.468 e. The Balaban J connectivity index is 2.67. The molecule has 0 atom stereocenters. The molecule has 7 nitrogen and oxygen atoms in total. The summed E-state index contributed by atoms with van der Waals surface area (Å²) in [7, 11) is 3.17. The summed E-state index contributed by atoms with van der Waals surface area (Å²) >= 11 is 0. The van der Waals surface area contributed by atoms with Crippen molar-refractivity contribution in [2.45, 2.75) is 27.2 Å². The van der Waals surface area contributed by atoms with Gasteiger partial charge in [-0.3, -0.25) is 19.2 Å². The van der Waals surface area contributed by atoms with Crippen LogP contribution in [0.15, 0.2) is 0 Å². The van der Waals surface area contributed by atoms with Crippen LogP contribution in [-0.4, -0.2) is 53.3 Å². The molecule has 1 heterocycles. The molecule has 0 aliphatic rings. The normalized spacial score (nSPS) is 10.8. The molecule has 0 aliphatic heterocycles. The Morgan fingerprint density at radius 1 is 1.33 bits per heavy atom. The highest BCUT2D eigenvalue weighted by molar-refractivity contribution is 5.93. The maximum Gasteiger partial charge on any atom is 0.319 e. The standard InChI is InChI=1S/C14H24N4O3/c1-6-7-18(9-13(20)21-5)8-12(19)15-14-10(2)16-17(4)11(14)3/h6-9H2,1-5H3,(H,15,19). The van der Waals surface area contributed by atoms with Crippen LogP contribution >= 0.6 is 0 Å². The summed E-state index contributed by atoms with van der Waals surface area (Å²) in [4.78, 5) is 25.2. The minimum atomic E-state index is -0.343. The molecule has 0 fully saturated rings. The van der Waals surface area contributed by atoms with Gasteiger partial charge in [-0.15, -0.1) is 0 Å². The van der Waals surface area contributed by atoms with E-state index in [1.54, 1.807) is 9.58 Å². The molecule has 0 spiro atoms. The summed E-state index contributed by atoms with van der Waals surface area (Å²) in [5.74, 6) is -0.503. The summed E-state index contributed by atoms with van der Waals surface area (Å²) in [6.45, 7) is 6.67. The molecule has 7 heteroatoms. The van der Waals surface area contributed by atoms with Crippen molar-refractivity contribution < 1.29 is 14.3 Å². The van der Waals surface area contributed by atoms with E-state index in [0.717, 1.165) is 23.5 Å². The molecule has 1 amide bonds. The van der Waals surface area contributed by atoms with Gasteiger partial charge in [-0.05, 0) is 26.8 Å². The Hall–Kier alpha value is -1.89. The van der Waals surface area contributed by atoms with Gasteiger partial charge in [0.1, 0.15) is 0 Å². The van der Waals surface area contributed by atoms with E-state index in [1.807, 2.05) is 27.8 Å². The summed E-state index contributed by atoms with van der Waals surface area (Å²) in [5.41, 5.74) is 2.41. The number of hydrogen-bond acceptors (Lipinski definition) is 5. The smallest absolute Gasteiger partial charge is 0.319 e. The molecule has 0 radical (unpaired) electrons. The van der Waals surface area contributed by atoms with Crippen molar-refractivity contribution in [2.24, 2.45) is 7.05 Å². The number of carbonyl (C=O) groups is 2. The molecular formula is C14H24N4O3. The predicted molar refractivity (Wildman–Crippen MR) is 80.1 cm³/mol. The van der Waals surface area contributed by atoms with Crippen molar-refractivity contribution in [1.82, 2.24) is 14.7 Å². The Labute approximate surface area is 125 Å². The van der Waals surface area contributed by atoms with Crippen molar-refractivity contribution in [3.05, 3.63) is 11.4 Å². The van der Waals surface area contributed by atoms with E-state index in [9.17, 15) is 9.59 Å². The maximum absolute atomic E-state index is 12.1. The summed E-state index contributed by atoms with van der Waals surface area (Å²) < 4.78 is 6.37. The lowest BCUT2D eigenvalue weighted by atomic mass is 10.3. The van der Waals surface area contributed by atoms with E-state index in [2.05, 4.69) is 15.2 Å². The van der Waals surface area contributed by atoms with E-state index in [-0.39, 0.29) is 25.0 Å². The Morgan fingerprint density at radius 3 is 2.48 bits per heavy atom. The van der Waals surface area contributed by atoms with Gasteiger partial charge in [-0.25, -0.2) is 0 Å². The number of nitrogens with one attached hydrogen (secondary N) is 1. The SMILES string of the molecule is CCCN(CC(=O)Nc1c(C)nn(C)c1C)CC(=O)OC. The number of aryl methyl sites for hydroxylation is 2. The van der Waals surface area contributed by atoms with E-state index in [1.165, 1.54) is 7.11 Å². The van der Waals surface area contributed by atoms with Crippen LogP contribution in [0.4, 0.5) is 5.69 Å². The van der Waals surface area contributed by atoms with Crippen LogP contribution in [0.5, 0.6) is 0 Å². The molecule has 1 aromatic rings. The average Bonchev–Trinajstić information content (AvgIpc) is 2.65. The number of carbonyl (C=O) groups excluding carboxylic acids is 2. The highest BCUT2D eigenvalue weighted by Crippen LogP contribution is 2.18. The van der Waals surface area contributed by atoms with Gasteiger partial charge in [0, 0.05) is 7.05 Å². The van der Waals surface area contributed by atoms with Crippen LogP contribution in [0.3, 0.4) is 0 Å². The number of hydrogen-bond donors (Lipinski definition) is 1. The number of ether oxygens (including phenoxy) is 1. The highest BCUT2D eigenvalue weighted by atomic mass is 16.5. The lowest BCUT2D eigenvalue weighted by Gasteiger charge is -2.19. The molecule has 21 heavy (non-hydrogen) atoms. The number of aromatic nitrogens is 2. The highest BCUT2D eigenvalue weighted by Gasteiger charge is 2.17. The average molecular weight is 296 g/mol. The number of esters is 1. The molecule has 0 bridgehead atoms. The zero-order valence-electron chi connectivity index (χ0n) is 13.4. The van der Waals surface area contributed by atoms with Crippen LogP contribution < -0.4 is 5.32 Å². The van der Waals surface area contributed by atoms with Gasteiger partial charge >= 0.3 is 5.97 Å². The monoisotopic (exact) mass is 296 g/mol. The van der Waals surface area contributed by atoms with Crippen molar-refractivity contribution >= 4 is 17.6 Å². The van der Waals surface area contributed by atoms with Gasteiger partial charge < -0.3 is 10.1 Å². The molecular weight excluding hydrogens is 272 g/mol. The molecule has 0 saturated carbocycles. The van der Waals surface area contributed by atoms with Crippen LogP contribution in [0.25, 0.3) is 0 Å². The Morgan fingerprint density at radius 2 is 2.00 bits per heavy atom. The third-order valence-electron chi connectivity index (χ3n) is 3.26. The molecule has 0 aromatic carbocycles. The summed E-state index contributed by atoms with van der Waals surface area (Å²) in [6.07, 6.45) is 0.856. The van der Waals surface area contributed by atoms with Crippen LogP contribution in [0, 0.1) is 13.8 Å². The van der Waals surface area contributed by atoms with Gasteiger partial charge in [0.25, 0.3) is 0 Å². The van der Waals surface area contributed by atoms with Crippen molar-refractivity contribution in [1.29, 1.82) is 0 Å². The first kappa shape index (κ1) is 17.2. The fraction of sp³-hybridized carbons (Fsp3) is 0.643. The van der Waals surface area contributed by atoms with E-state index >= 15 is 0 Å². The zero-order chi connectivity index (χ0) is 16.0. The quantitative estimate of drug-likeness (QED) is 0.755. The first-order valence-electron chi connectivity index (χ1n) is 6.98. The number of amides is 1. The Kier molecular flexibility index (Phi) is 6.36. The number of nitrogens with zero attached hydrogens (tertiary/aromatic N) is 3. The van der Waals surface area contributed by atoms with E-state index in [0.29, 0.717) is 6.54 Å². The fourth-order valence-electron chi connectivity index (χ4n) is 2.11.